The van der Waals surface area contributed by atoms with E-state index in [4.69, 9.17) is 5.11 Å². The van der Waals surface area contributed by atoms with Crippen LogP contribution in [0.5, 0.6) is 0 Å². The molecule has 0 saturated carbocycles. The van der Waals surface area contributed by atoms with Crippen LogP contribution in [0, 0.1) is 0 Å². The summed E-state index contributed by atoms with van der Waals surface area (Å²) in [4.78, 5) is 30.5. The largest absolute Gasteiger partial charge is 0.477 e. The van der Waals surface area contributed by atoms with Crippen LogP contribution in [-0.2, 0) is 19.5 Å². The number of carbonyl (C=O) groups is 1. The van der Waals surface area contributed by atoms with E-state index in [1.807, 2.05) is 38.3 Å². The minimum absolute atomic E-state index is 0.236. The summed E-state index contributed by atoms with van der Waals surface area (Å²) in [5, 5.41) is 12.5. The molecule has 0 fully saturated rings. The lowest BCUT2D eigenvalue weighted by atomic mass is 10.0. The molecule has 26 heavy (non-hydrogen) atoms. The highest BCUT2D eigenvalue weighted by Crippen LogP contribution is 2.20. The lowest BCUT2D eigenvalue weighted by Gasteiger charge is -2.16. The van der Waals surface area contributed by atoms with Gasteiger partial charge in [0.1, 0.15) is 11.4 Å². The molecule has 1 aliphatic rings. The molecule has 0 aliphatic carbocycles. The molecule has 0 spiro atoms. The molecule has 0 amide bonds. The summed E-state index contributed by atoms with van der Waals surface area (Å²) >= 11 is 0. The van der Waals surface area contributed by atoms with E-state index in [9.17, 15) is 9.59 Å². The molecule has 0 saturated heterocycles. The third-order valence-electron chi connectivity index (χ3n) is 4.53. The molecule has 0 atom stereocenters. The molecule has 2 aromatic rings. The third-order valence-corrected chi connectivity index (χ3v) is 4.53. The predicted molar refractivity (Wildman–Crippen MR) is 100 cm³/mol. The summed E-state index contributed by atoms with van der Waals surface area (Å²) in [6.45, 7) is 6.39. The second-order valence-electron chi connectivity index (χ2n) is 6.08. The lowest BCUT2D eigenvalue weighted by molar-refractivity contribution is 0.0695. The van der Waals surface area contributed by atoms with Crippen molar-refractivity contribution >= 4 is 17.6 Å². The summed E-state index contributed by atoms with van der Waals surface area (Å²) in [5.41, 5.74) is 2.57. The van der Waals surface area contributed by atoms with Gasteiger partial charge in [0, 0.05) is 19.6 Å². The number of pyridine rings is 1. The molecular weight excluding hydrogens is 332 g/mol. The average molecular weight is 354 g/mol. The van der Waals surface area contributed by atoms with Crippen LogP contribution in [-0.4, -0.2) is 32.2 Å². The van der Waals surface area contributed by atoms with Crippen LogP contribution in [0.2, 0.25) is 0 Å². The standard InChI is InChI=1S/C19H22N4O3/c1-3-12(5-6-16-21-11-14-10-20-7-8-23(14)16)17-13(4-2)9-15(19(25)26)18(24)22-17/h3,5-6,9,11,20H,4,7-8,10H2,1-2H3,(H,22,24)(H,25,26)/b6-5-,12-3+. The number of hydrogen-bond donors (Lipinski definition) is 3. The van der Waals surface area contributed by atoms with Gasteiger partial charge in [-0.05, 0) is 42.7 Å². The van der Waals surface area contributed by atoms with E-state index in [1.54, 1.807) is 0 Å². The van der Waals surface area contributed by atoms with Crippen LogP contribution in [0.4, 0.5) is 0 Å². The number of carboxylic acid groups (broad SMARTS) is 1. The molecule has 2 aromatic heterocycles. The number of imidazole rings is 1. The van der Waals surface area contributed by atoms with Gasteiger partial charge < -0.3 is 20.0 Å². The van der Waals surface area contributed by atoms with Gasteiger partial charge in [0.15, 0.2) is 0 Å². The fraction of sp³-hybridized carbons (Fsp3) is 0.316. The van der Waals surface area contributed by atoms with E-state index >= 15 is 0 Å². The summed E-state index contributed by atoms with van der Waals surface area (Å²) in [7, 11) is 0. The van der Waals surface area contributed by atoms with Gasteiger partial charge in [-0.15, -0.1) is 0 Å². The fourth-order valence-electron chi connectivity index (χ4n) is 3.12. The van der Waals surface area contributed by atoms with Gasteiger partial charge in [0.2, 0.25) is 0 Å². The minimum Gasteiger partial charge on any atom is -0.477 e. The Kier molecular flexibility index (Phi) is 5.18. The highest BCUT2D eigenvalue weighted by Gasteiger charge is 2.15. The molecular formula is C19H22N4O3. The third kappa shape index (κ3) is 3.39. The topological polar surface area (TPSA) is 100 Å². The summed E-state index contributed by atoms with van der Waals surface area (Å²) in [6, 6.07) is 1.46. The number of nitrogens with one attached hydrogen (secondary N) is 2. The van der Waals surface area contributed by atoms with Crippen molar-refractivity contribution in [1.29, 1.82) is 0 Å². The summed E-state index contributed by atoms with van der Waals surface area (Å²) < 4.78 is 2.16. The van der Waals surface area contributed by atoms with E-state index in [0.717, 1.165) is 42.3 Å². The Balaban J connectivity index is 1.97. The number of allylic oxidation sites excluding steroid dienone is 3. The van der Waals surface area contributed by atoms with Crippen molar-refractivity contribution in [2.24, 2.45) is 0 Å². The first-order chi connectivity index (χ1) is 12.5. The van der Waals surface area contributed by atoms with E-state index in [2.05, 4.69) is 19.9 Å². The minimum atomic E-state index is -1.22. The average Bonchev–Trinajstić information content (AvgIpc) is 3.05. The number of rotatable bonds is 5. The SMILES string of the molecule is C/C=C(\C=C/c1ncc2n1CCNC2)c1[nH]c(=O)c(C(=O)O)cc1CC. The van der Waals surface area contributed by atoms with Gasteiger partial charge in [0.05, 0.1) is 17.6 Å². The molecule has 3 N–H and O–H groups in total. The Labute approximate surface area is 151 Å². The first-order valence-electron chi connectivity index (χ1n) is 8.64. The van der Waals surface area contributed by atoms with Crippen molar-refractivity contribution in [3.8, 4) is 0 Å². The number of aromatic amines is 1. The maximum Gasteiger partial charge on any atom is 0.341 e. The first-order valence-corrected chi connectivity index (χ1v) is 8.64. The number of aryl methyl sites for hydroxylation is 1. The fourth-order valence-corrected chi connectivity index (χ4v) is 3.12. The van der Waals surface area contributed by atoms with Gasteiger partial charge >= 0.3 is 5.97 Å². The van der Waals surface area contributed by atoms with Gasteiger partial charge in [0.25, 0.3) is 5.56 Å². The highest BCUT2D eigenvalue weighted by molar-refractivity contribution is 5.88. The first kappa shape index (κ1) is 17.9. The van der Waals surface area contributed by atoms with Crippen LogP contribution in [0.25, 0.3) is 11.6 Å². The quantitative estimate of drug-likeness (QED) is 0.714. The number of fused-ring (bicyclic) bond motifs is 1. The van der Waals surface area contributed by atoms with Crippen LogP contribution >= 0.6 is 0 Å². The van der Waals surface area contributed by atoms with E-state index in [1.165, 1.54) is 6.07 Å². The predicted octanol–water partition coefficient (Wildman–Crippen LogP) is 2.05. The highest BCUT2D eigenvalue weighted by atomic mass is 16.4. The molecule has 136 valence electrons. The van der Waals surface area contributed by atoms with E-state index in [0.29, 0.717) is 12.1 Å². The normalized spacial score (nSPS) is 14.6. The van der Waals surface area contributed by atoms with Crippen LogP contribution in [0.15, 0.2) is 29.2 Å². The smallest absolute Gasteiger partial charge is 0.341 e. The van der Waals surface area contributed by atoms with Crippen molar-refractivity contribution in [2.75, 3.05) is 6.54 Å². The van der Waals surface area contributed by atoms with Gasteiger partial charge in [-0.2, -0.15) is 0 Å². The summed E-state index contributed by atoms with van der Waals surface area (Å²) in [6.07, 6.45) is 8.20. The van der Waals surface area contributed by atoms with Gasteiger partial charge in [-0.3, -0.25) is 4.79 Å². The summed E-state index contributed by atoms with van der Waals surface area (Å²) in [5.74, 6) is -0.355. The molecule has 1 aliphatic heterocycles. The molecule has 0 bridgehead atoms. The second kappa shape index (κ2) is 7.53. The van der Waals surface area contributed by atoms with E-state index < -0.39 is 11.5 Å². The zero-order valence-electron chi connectivity index (χ0n) is 14.9. The van der Waals surface area contributed by atoms with Crippen LogP contribution < -0.4 is 10.9 Å². The van der Waals surface area contributed by atoms with Gasteiger partial charge in [-0.1, -0.05) is 13.0 Å². The molecule has 7 nitrogen and oxygen atoms in total. The maximum absolute atomic E-state index is 12.1. The molecule has 0 unspecified atom stereocenters. The maximum atomic E-state index is 12.1. The lowest BCUT2D eigenvalue weighted by Crippen LogP contribution is -2.28. The molecule has 7 heteroatoms. The Hall–Kier alpha value is -2.93. The van der Waals surface area contributed by atoms with Crippen molar-refractivity contribution in [2.45, 2.75) is 33.4 Å². The van der Waals surface area contributed by atoms with Crippen molar-refractivity contribution < 1.29 is 9.90 Å². The Morgan fingerprint density at radius 1 is 1.46 bits per heavy atom. The Bertz CT molecular complexity index is 950. The Morgan fingerprint density at radius 2 is 2.27 bits per heavy atom. The second-order valence-corrected chi connectivity index (χ2v) is 6.08. The zero-order valence-corrected chi connectivity index (χ0v) is 14.9. The number of aromatic nitrogens is 3. The number of hydrogen-bond acceptors (Lipinski definition) is 4. The van der Waals surface area contributed by atoms with Crippen LogP contribution in [0.1, 0.15) is 47.0 Å². The van der Waals surface area contributed by atoms with Crippen molar-refractivity contribution in [3.63, 3.8) is 0 Å². The molecule has 0 radical (unpaired) electrons. The molecule has 0 aromatic carbocycles. The number of carboxylic acids is 1. The van der Waals surface area contributed by atoms with Crippen molar-refractivity contribution in [3.05, 3.63) is 63.1 Å². The van der Waals surface area contributed by atoms with Gasteiger partial charge in [-0.25, -0.2) is 9.78 Å². The number of aromatic carboxylic acids is 1. The molecule has 3 heterocycles. The number of nitrogens with zero attached hydrogens (tertiary/aromatic N) is 2. The van der Waals surface area contributed by atoms with E-state index in [-0.39, 0.29) is 5.56 Å². The monoisotopic (exact) mass is 354 g/mol. The number of H-pyrrole nitrogens is 1. The van der Waals surface area contributed by atoms with Crippen LogP contribution in [0.3, 0.4) is 0 Å². The Morgan fingerprint density at radius 3 is 2.96 bits per heavy atom. The van der Waals surface area contributed by atoms with Crippen molar-refractivity contribution in [1.82, 2.24) is 19.9 Å². The molecule has 3 rings (SSSR count). The zero-order chi connectivity index (χ0) is 18.7.